The second-order valence-electron chi connectivity index (χ2n) is 5.13. The lowest BCUT2D eigenvalue weighted by Gasteiger charge is -2.32. The third kappa shape index (κ3) is 2.74. The zero-order chi connectivity index (χ0) is 15.5. The van der Waals surface area contributed by atoms with Crippen LogP contribution in [0.3, 0.4) is 0 Å². The molecule has 1 saturated heterocycles. The molecule has 1 aliphatic heterocycles. The Bertz CT molecular complexity index is 559. The molecule has 0 aromatic heterocycles. The van der Waals surface area contributed by atoms with E-state index in [4.69, 9.17) is 0 Å². The lowest BCUT2D eigenvalue weighted by molar-refractivity contribution is -0.126. The second-order valence-corrected chi connectivity index (χ2v) is 5.13. The summed E-state index contributed by atoms with van der Waals surface area (Å²) in [5.41, 5.74) is -0.269. The summed E-state index contributed by atoms with van der Waals surface area (Å²) in [5.74, 6) is -0.416. The summed E-state index contributed by atoms with van der Waals surface area (Å²) < 4.78 is 0. The van der Waals surface area contributed by atoms with Gasteiger partial charge in [-0.05, 0) is 18.9 Å². The Morgan fingerprint density at radius 3 is 2.57 bits per heavy atom. The van der Waals surface area contributed by atoms with Gasteiger partial charge in [-0.3, -0.25) is 14.9 Å². The van der Waals surface area contributed by atoms with Crippen molar-refractivity contribution in [2.75, 3.05) is 13.6 Å². The predicted octanol–water partition coefficient (Wildman–Crippen LogP) is 0.980. The third-order valence-electron chi connectivity index (χ3n) is 3.85. The van der Waals surface area contributed by atoms with E-state index in [2.05, 4.69) is 10.6 Å². The van der Waals surface area contributed by atoms with Gasteiger partial charge in [-0.25, -0.2) is 4.79 Å². The molecule has 0 spiro atoms. The summed E-state index contributed by atoms with van der Waals surface area (Å²) in [6.07, 6.45) is 0.822. The first-order chi connectivity index (χ1) is 10.00. The molecule has 21 heavy (non-hydrogen) atoms. The molecule has 1 unspecified atom stereocenters. The number of nitrogens with zero attached hydrogens (tertiary/aromatic N) is 1. The van der Waals surface area contributed by atoms with E-state index in [1.807, 2.05) is 30.3 Å². The Morgan fingerprint density at radius 2 is 1.95 bits per heavy atom. The number of imide groups is 1. The minimum Gasteiger partial charge on any atom is -0.359 e. The van der Waals surface area contributed by atoms with Crippen LogP contribution in [0, 0.1) is 0 Å². The first-order valence-electron chi connectivity index (χ1n) is 6.89. The second kappa shape index (κ2) is 5.95. The summed E-state index contributed by atoms with van der Waals surface area (Å²) >= 11 is 0. The molecule has 1 aromatic rings. The van der Waals surface area contributed by atoms with Crippen molar-refractivity contribution in [2.24, 2.45) is 0 Å². The highest BCUT2D eigenvalue weighted by atomic mass is 16.2. The van der Waals surface area contributed by atoms with Crippen molar-refractivity contribution in [3.8, 4) is 0 Å². The van der Waals surface area contributed by atoms with Gasteiger partial charge in [-0.15, -0.1) is 0 Å². The SMILES string of the molecule is CNC(=O)CCCN1C(=O)NC(=O)C1(C)c1ccccc1. The number of benzene rings is 1. The van der Waals surface area contributed by atoms with Gasteiger partial charge in [0.25, 0.3) is 5.91 Å². The van der Waals surface area contributed by atoms with Gasteiger partial charge in [0.1, 0.15) is 5.54 Å². The van der Waals surface area contributed by atoms with Gasteiger partial charge in [0.05, 0.1) is 0 Å². The van der Waals surface area contributed by atoms with Crippen LogP contribution in [0.4, 0.5) is 4.79 Å². The fourth-order valence-corrected chi connectivity index (χ4v) is 2.51. The van der Waals surface area contributed by atoms with Gasteiger partial charge in [0.15, 0.2) is 0 Å². The first-order valence-corrected chi connectivity index (χ1v) is 6.89. The van der Waals surface area contributed by atoms with Gasteiger partial charge in [-0.2, -0.15) is 0 Å². The molecule has 1 fully saturated rings. The number of hydrogen-bond donors (Lipinski definition) is 2. The van der Waals surface area contributed by atoms with Crippen LogP contribution in [-0.2, 0) is 15.1 Å². The Morgan fingerprint density at radius 1 is 1.29 bits per heavy atom. The highest BCUT2D eigenvalue weighted by Crippen LogP contribution is 2.32. The van der Waals surface area contributed by atoms with Gasteiger partial charge in [0.2, 0.25) is 5.91 Å². The molecule has 1 aliphatic rings. The molecule has 2 rings (SSSR count). The summed E-state index contributed by atoms with van der Waals surface area (Å²) in [5, 5.41) is 4.89. The number of nitrogens with one attached hydrogen (secondary N) is 2. The molecule has 1 atom stereocenters. The summed E-state index contributed by atoms with van der Waals surface area (Å²) in [6, 6.07) is 8.76. The minimum atomic E-state index is -1.03. The number of urea groups is 1. The summed E-state index contributed by atoms with van der Waals surface area (Å²) in [6.45, 7) is 2.07. The smallest absolute Gasteiger partial charge is 0.325 e. The van der Waals surface area contributed by atoms with Crippen molar-refractivity contribution < 1.29 is 14.4 Å². The van der Waals surface area contributed by atoms with Crippen molar-refractivity contribution >= 4 is 17.8 Å². The lowest BCUT2D eigenvalue weighted by atomic mass is 9.90. The Labute approximate surface area is 123 Å². The van der Waals surface area contributed by atoms with Crippen molar-refractivity contribution in [3.05, 3.63) is 35.9 Å². The van der Waals surface area contributed by atoms with E-state index in [0.29, 0.717) is 19.4 Å². The van der Waals surface area contributed by atoms with Gasteiger partial charge < -0.3 is 10.2 Å². The molecule has 0 saturated carbocycles. The van der Waals surface area contributed by atoms with E-state index >= 15 is 0 Å². The van der Waals surface area contributed by atoms with Crippen LogP contribution in [0.15, 0.2) is 30.3 Å². The van der Waals surface area contributed by atoms with Crippen LogP contribution < -0.4 is 10.6 Å². The van der Waals surface area contributed by atoms with Crippen LogP contribution in [0.1, 0.15) is 25.3 Å². The number of carbonyl (C=O) groups excluding carboxylic acids is 3. The van der Waals surface area contributed by atoms with Crippen LogP contribution in [0.5, 0.6) is 0 Å². The standard InChI is InChI=1S/C15H19N3O3/c1-15(11-7-4-3-5-8-11)13(20)17-14(21)18(15)10-6-9-12(19)16-2/h3-5,7-8H,6,9-10H2,1-2H3,(H,16,19)(H,17,20,21). The highest BCUT2D eigenvalue weighted by molar-refractivity contribution is 6.07. The van der Waals surface area contributed by atoms with Gasteiger partial charge >= 0.3 is 6.03 Å². The molecule has 1 aromatic carbocycles. The van der Waals surface area contributed by atoms with E-state index in [-0.39, 0.29) is 11.8 Å². The quantitative estimate of drug-likeness (QED) is 0.793. The molecular formula is C15H19N3O3. The van der Waals surface area contributed by atoms with Crippen LogP contribution in [0.2, 0.25) is 0 Å². The average molecular weight is 289 g/mol. The number of carbonyl (C=O) groups is 3. The molecular weight excluding hydrogens is 270 g/mol. The maximum atomic E-state index is 12.2. The first kappa shape index (κ1) is 15.0. The summed E-state index contributed by atoms with van der Waals surface area (Å²) in [4.78, 5) is 37.0. The molecule has 4 amide bonds. The predicted molar refractivity (Wildman–Crippen MR) is 77.3 cm³/mol. The summed E-state index contributed by atoms with van der Waals surface area (Å²) in [7, 11) is 1.57. The zero-order valence-electron chi connectivity index (χ0n) is 12.2. The fourth-order valence-electron chi connectivity index (χ4n) is 2.51. The highest BCUT2D eigenvalue weighted by Gasteiger charge is 2.50. The molecule has 1 heterocycles. The molecule has 0 aliphatic carbocycles. The normalized spacial score (nSPS) is 21.3. The van der Waals surface area contributed by atoms with Gasteiger partial charge in [-0.1, -0.05) is 30.3 Å². The van der Waals surface area contributed by atoms with Crippen LogP contribution >= 0.6 is 0 Å². The van der Waals surface area contributed by atoms with Crippen LogP contribution in [-0.4, -0.2) is 36.3 Å². The van der Waals surface area contributed by atoms with Crippen LogP contribution in [0.25, 0.3) is 0 Å². The topological polar surface area (TPSA) is 78.5 Å². The molecule has 0 bridgehead atoms. The maximum absolute atomic E-state index is 12.2. The fraction of sp³-hybridized carbons (Fsp3) is 0.400. The number of rotatable bonds is 5. The Hall–Kier alpha value is -2.37. The van der Waals surface area contributed by atoms with Crippen molar-refractivity contribution in [3.63, 3.8) is 0 Å². The lowest BCUT2D eigenvalue weighted by Crippen LogP contribution is -2.45. The van der Waals surface area contributed by atoms with Crippen molar-refractivity contribution in [1.82, 2.24) is 15.5 Å². The molecule has 2 N–H and O–H groups in total. The third-order valence-corrected chi connectivity index (χ3v) is 3.85. The molecule has 112 valence electrons. The zero-order valence-corrected chi connectivity index (χ0v) is 12.2. The number of amides is 4. The van der Waals surface area contributed by atoms with Gasteiger partial charge in [0, 0.05) is 20.0 Å². The maximum Gasteiger partial charge on any atom is 0.325 e. The molecule has 6 nitrogen and oxygen atoms in total. The minimum absolute atomic E-state index is 0.0812. The molecule has 6 heteroatoms. The van der Waals surface area contributed by atoms with E-state index < -0.39 is 11.6 Å². The van der Waals surface area contributed by atoms with Crippen molar-refractivity contribution in [2.45, 2.75) is 25.3 Å². The Balaban J connectivity index is 2.19. The number of hydrogen-bond acceptors (Lipinski definition) is 3. The van der Waals surface area contributed by atoms with Crippen molar-refractivity contribution in [1.29, 1.82) is 0 Å². The monoisotopic (exact) mass is 289 g/mol. The van der Waals surface area contributed by atoms with E-state index in [9.17, 15) is 14.4 Å². The van der Waals surface area contributed by atoms with E-state index in [1.54, 1.807) is 14.0 Å². The van der Waals surface area contributed by atoms with E-state index in [1.165, 1.54) is 4.90 Å². The average Bonchev–Trinajstić information content (AvgIpc) is 2.72. The van der Waals surface area contributed by atoms with E-state index in [0.717, 1.165) is 5.56 Å². The Kier molecular flexibility index (Phi) is 4.26. The largest absolute Gasteiger partial charge is 0.359 e. The molecule has 0 radical (unpaired) electrons.